The number of ether oxygens (including phenoxy) is 1. The van der Waals surface area contributed by atoms with Crippen molar-refractivity contribution in [1.82, 2.24) is 0 Å². The average molecular weight is 245 g/mol. The molecule has 0 radical (unpaired) electrons. The molecule has 0 spiro atoms. The monoisotopic (exact) mass is 245 g/mol. The second kappa shape index (κ2) is 5.31. The molecule has 92 valence electrons. The number of rotatable bonds is 4. The average Bonchev–Trinajstić information content (AvgIpc) is 2.38. The fourth-order valence-corrected chi connectivity index (χ4v) is 1.52. The number of hydrogen-bond donors (Lipinski definition) is 1. The van der Waals surface area contributed by atoms with E-state index in [1.807, 2.05) is 0 Å². The van der Waals surface area contributed by atoms with Crippen molar-refractivity contribution in [2.24, 2.45) is 5.73 Å². The Morgan fingerprint density at radius 1 is 1.17 bits per heavy atom. The lowest BCUT2D eigenvalue weighted by Crippen LogP contribution is -2.10. The van der Waals surface area contributed by atoms with Gasteiger partial charge in [0.2, 0.25) is 5.91 Å². The van der Waals surface area contributed by atoms with Gasteiger partial charge in [0.1, 0.15) is 18.2 Å². The van der Waals surface area contributed by atoms with Gasteiger partial charge >= 0.3 is 0 Å². The Morgan fingerprint density at radius 2 is 1.94 bits per heavy atom. The highest BCUT2D eigenvalue weighted by atomic mass is 19.1. The molecule has 0 bridgehead atoms. The van der Waals surface area contributed by atoms with Gasteiger partial charge in [0, 0.05) is 11.1 Å². The molecule has 0 atom stereocenters. The minimum absolute atomic E-state index is 0.106. The van der Waals surface area contributed by atoms with Crippen molar-refractivity contribution in [3.8, 4) is 5.75 Å². The van der Waals surface area contributed by atoms with Crippen molar-refractivity contribution in [2.75, 3.05) is 0 Å². The molecule has 1 amide bonds. The third-order valence-corrected chi connectivity index (χ3v) is 2.47. The third-order valence-electron chi connectivity index (χ3n) is 2.47. The van der Waals surface area contributed by atoms with Gasteiger partial charge in [0.05, 0.1) is 0 Å². The second-order valence-electron chi connectivity index (χ2n) is 3.77. The van der Waals surface area contributed by atoms with E-state index in [-0.39, 0.29) is 12.4 Å². The molecule has 2 aromatic carbocycles. The first-order chi connectivity index (χ1) is 8.66. The zero-order chi connectivity index (χ0) is 13.0. The first kappa shape index (κ1) is 12.1. The molecule has 0 aromatic heterocycles. The number of benzene rings is 2. The molecule has 2 rings (SSSR count). The molecular formula is C14H12FNO2. The van der Waals surface area contributed by atoms with Gasteiger partial charge in [0.15, 0.2) is 0 Å². The van der Waals surface area contributed by atoms with Crippen LogP contribution in [-0.4, -0.2) is 5.91 Å². The molecule has 0 aliphatic carbocycles. The molecule has 0 fully saturated rings. The summed E-state index contributed by atoms with van der Waals surface area (Å²) in [5.74, 6) is -0.357. The van der Waals surface area contributed by atoms with Crippen LogP contribution in [0.15, 0.2) is 48.5 Å². The Kier molecular flexibility index (Phi) is 3.57. The summed E-state index contributed by atoms with van der Waals surface area (Å²) in [5, 5.41) is 0. The molecule has 0 unspecified atom stereocenters. The zero-order valence-corrected chi connectivity index (χ0v) is 9.60. The Morgan fingerprint density at radius 3 is 2.67 bits per heavy atom. The number of primary amides is 1. The van der Waals surface area contributed by atoms with Crippen molar-refractivity contribution in [3.63, 3.8) is 0 Å². The smallest absolute Gasteiger partial charge is 0.248 e. The van der Waals surface area contributed by atoms with E-state index in [0.717, 1.165) is 0 Å². The number of amides is 1. The van der Waals surface area contributed by atoms with Gasteiger partial charge in [-0.05, 0) is 24.3 Å². The maximum atomic E-state index is 13.3. The van der Waals surface area contributed by atoms with Crippen LogP contribution in [0.5, 0.6) is 5.75 Å². The number of carbonyl (C=O) groups excluding carboxylic acids is 1. The molecule has 0 saturated carbocycles. The Bertz CT molecular complexity index is 569. The van der Waals surface area contributed by atoms with E-state index in [1.165, 1.54) is 12.1 Å². The summed E-state index contributed by atoms with van der Waals surface area (Å²) in [6.07, 6.45) is 0. The maximum absolute atomic E-state index is 13.3. The lowest BCUT2D eigenvalue weighted by molar-refractivity contribution is 0.1000. The summed E-state index contributed by atoms with van der Waals surface area (Å²) in [6, 6.07) is 12.9. The highest BCUT2D eigenvalue weighted by Gasteiger charge is 2.04. The van der Waals surface area contributed by atoms with E-state index in [2.05, 4.69) is 0 Å². The van der Waals surface area contributed by atoms with Gasteiger partial charge in [-0.15, -0.1) is 0 Å². The van der Waals surface area contributed by atoms with Crippen LogP contribution in [0.1, 0.15) is 15.9 Å². The Hall–Kier alpha value is -2.36. The molecule has 0 aliphatic rings. The van der Waals surface area contributed by atoms with Crippen molar-refractivity contribution in [3.05, 3.63) is 65.5 Å². The van der Waals surface area contributed by atoms with Crippen LogP contribution in [0.25, 0.3) is 0 Å². The summed E-state index contributed by atoms with van der Waals surface area (Å²) in [4.78, 5) is 11.0. The number of halogens is 1. The lowest BCUT2D eigenvalue weighted by atomic mass is 10.2. The van der Waals surface area contributed by atoms with E-state index < -0.39 is 5.91 Å². The molecule has 0 aliphatic heterocycles. The largest absolute Gasteiger partial charge is 0.489 e. The van der Waals surface area contributed by atoms with Crippen molar-refractivity contribution in [2.45, 2.75) is 6.61 Å². The third kappa shape index (κ3) is 2.85. The van der Waals surface area contributed by atoms with Crippen LogP contribution in [0.3, 0.4) is 0 Å². The Labute approximate surface area is 104 Å². The fourth-order valence-electron chi connectivity index (χ4n) is 1.52. The first-order valence-corrected chi connectivity index (χ1v) is 5.43. The van der Waals surface area contributed by atoms with Crippen molar-refractivity contribution < 1.29 is 13.9 Å². The van der Waals surface area contributed by atoms with Gasteiger partial charge < -0.3 is 10.5 Å². The summed E-state index contributed by atoms with van der Waals surface area (Å²) in [5.41, 5.74) is 5.98. The standard InChI is InChI=1S/C14H12FNO2/c15-13-7-2-1-4-11(13)9-18-12-6-3-5-10(8-12)14(16)17/h1-8H,9H2,(H2,16,17). The number of carbonyl (C=O) groups is 1. The summed E-state index contributed by atoms with van der Waals surface area (Å²) in [7, 11) is 0. The number of nitrogens with two attached hydrogens (primary N) is 1. The fraction of sp³-hybridized carbons (Fsp3) is 0.0714. The molecular weight excluding hydrogens is 233 g/mol. The van der Waals surface area contributed by atoms with Crippen LogP contribution >= 0.6 is 0 Å². The van der Waals surface area contributed by atoms with Crippen LogP contribution in [0.4, 0.5) is 4.39 Å². The van der Waals surface area contributed by atoms with Crippen molar-refractivity contribution in [1.29, 1.82) is 0 Å². The quantitative estimate of drug-likeness (QED) is 0.899. The molecule has 18 heavy (non-hydrogen) atoms. The SMILES string of the molecule is NC(=O)c1cccc(OCc2ccccc2F)c1. The topological polar surface area (TPSA) is 52.3 Å². The molecule has 4 heteroatoms. The predicted molar refractivity (Wildman–Crippen MR) is 65.7 cm³/mol. The number of hydrogen-bond acceptors (Lipinski definition) is 2. The molecule has 2 N–H and O–H groups in total. The van der Waals surface area contributed by atoms with Gasteiger partial charge in [0.25, 0.3) is 0 Å². The second-order valence-corrected chi connectivity index (χ2v) is 3.77. The predicted octanol–water partition coefficient (Wildman–Crippen LogP) is 2.50. The summed E-state index contributed by atoms with van der Waals surface area (Å²) in [6.45, 7) is 0.106. The molecule has 3 nitrogen and oxygen atoms in total. The van der Waals surface area contributed by atoms with E-state index in [9.17, 15) is 9.18 Å². The van der Waals surface area contributed by atoms with Gasteiger partial charge in [-0.2, -0.15) is 0 Å². The van der Waals surface area contributed by atoms with Crippen LogP contribution in [0, 0.1) is 5.82 Å². The van der Waals surface area contributed by atoms with Gasteiger partial charge in [-0.1, -0.05) is 24.3 Å². The highest BCUT2D eigenvalue weighted by molar-refractivity contribution is 5.93. The van der Waals surface area contributed by atoms with Gasteiger partial charge in [-0.25, -0.2) is 4.39 Å². The van der Waals surface area contributed by atoms with E-state index in [0.29, 0.717) is 16.9 Å². The zero-order valence-electron chi connectivity index (χ0n) is 9.60. The van der Waals surface area contributed by atoms with Gasteiger partial charge in [-0.3, -0.25) is 4.79 Å². The molecule has 0 saturated heterocycles. The first-order valence-electron chi connectivity index (χ1n) is 5.43. The van der Waals surface area contributed by atoms with Crippen LogP contribution < -0.4 is 10.5 Å². The summed E-state index contributed by atoms with van der Waals surface area (Å²) >= 11 is 0. The van der Waals surface area contributed by atoms with Crippen LogP contribution in [-0.2, 0) is 6.61 Å². The minimum atomic E-state index is -0.522. The molecule has 2 aromatic rings. The normalized spacial score (nSPS) is 10.1. The van der Waals surface area contributed by atoms with E-state index in [1.54, 1.807) is 36.4 Å². The Balaban J connectivity index is 2.09. The van der Waals surface area contributed by atoms with E-state index >= 15 is 0 Å². The van der Waals surface area contributed by atoms with Crippen molar-refractivity contribution >= 4 is 5.91 Å². The molecule has 0 heterocycles. The van der Waals surface area contributed by atoms with E-state index in [4.69, 9.17) is 10.5 Å². The lowest BCUT2D eigenvalue weighted by Gasteiger charge is -2.07. The highest BCUT2D eigenvalue weighted by Crippen LogP contribution is 2.16. The maximum Gasteiger partial charge on any atom is 0.248 e. The summed E-state index contributed by atoms with van der Waals surface area (Å²) < 4.78 is 18.8. The minimum Gasteiger partial charge on any atom is -0.489 e. The van der Waals surface area contributed by atoms with Crippen LogP contribution in [0.2, 0.25) is 0 Å².